The topological polar surface area (TPSA) is 60.2 Å². The van der Waals surface area contributed by atoms with E-state index in [2.05, 4.69) is 10.3 Å². The van der Waals surface area contributed by atoms with Crippen molar-refractivity contribution in [1.82, 2.24) is 4.98 Å². The zero-order chi connectivity index (χ0) is 13.1. The fraction of sp³-hybridized carbons (Fsp3) is 0.154. The lowest BCUT2D eigenvalue weighted by Crippen LogP contribution is -1.98. The van der Waals surface area contributed by atoms with Crippen LogP contribution in [0.2, 0.25) is 0 Å². The number of ether oxygens (including phenoxy) is 1. The molecular formula is C13H14FN3O. The van der Waals surface area contributed by atoms with Crippen molar-refractivity contribution >= 4 is 17.2 Å². The minimum absolute atomic E-state index is 0.181. The number of benzene rings is 1. The van der Waals surface area contributed by atoms with E-state index < -0.39 is 5.82 Å². The van der Waals surface area contributed by atoms with E-state index in [-0.39, 0.29) is 5.75 Å². The van der Waals surface area contributed by atoms with Crippen molar-refractivity contribution < 1.29 is 9.13 Å². The summed E-state index contributed by atoms with van der Waals surface area (Å²) in [5.74, 6) is 0.381. The summed E-state index contributed by atoms with van der Waals surface area (Å²) in [4.78, 5) is 4.19. The van der Waals surface area contributed by atoms with Crippen LogP contribution in [0.4, 0.5) is 21.6 Å². The summed E-state index contributed by atoms with van der Waals surface area (Å²) in [6.45, 7) is 1.88. The first-order valence-electron chi connectivity index (χ1n) is 5.43. The zero-order valence-corrected chi connectivity index (χ0v) is 10.2. The van der Waals surface area contributed by atoms with Gasteiger partial charge in [-0.3, -0.25) is 0 Å². The van der Waals surface area contributed by atoms with Crippen LogP contribution in [0.1, 0.15) is 5.56 Å². The molecule has 0 atom stereocenters. The van der Waals surface area contributed by atoms with Crippen molar-refractivity contribution in [2.75, 3.05) is 18.2 Å². The molecule has 0 saturated carbocycles. The average Bonchev–Trinajstić information content (AvgIpc) is 2.36. The van der Waals surface area contributed by atoms with Crippen LogP contribution < -0.4 is 15.8 Å². The minimum Gasteiger partial charge on any atom is -0.494 e. The molecule has 0 spiro atoms. The van der Waals surface area contributed by atoms with E-state index in [4.69, 9.17) is 10.5 Å². The van der Waals surface area contributed by atoms with Gasteiger partial charge in [0.2, 0.25) is 0 Å². The fourth-order valence-electron chi connectivity index (χ4n) is 1.49. The van der Waals surface area contributed by atoms with Crippen LogP contribution in [0.3, 0.4) is 0 Å². The fourth-order valence-corrected chi connectivity index (χ4v) is 1.49. The first-order chi connectivity index (χ1) is 8.60. The number of anilines is 3. The predicted molar refractivity (Wildman–Crippen MR) is 69.6 cm³/mol. The lowest BCUT2D eigenvalue weighted by molar-refractivity contribution is 0.387. The predicted octanol–water partition coefficient (Wildman–Crippen LogP) is 2.86. The number of halogens is 1. The van der Waals surface area contributed by atoms with Crippen molar-refractivity contribution in [2.45, 2.75) is 6.92 Å². The highest BCUT2D eigenvalue weighted by molar-refractivity contribution is 5.62. The molecule has 1 aromatic carbocycles. The van der Waals surface area contributed by atoms with E-state index in [9.17, 15) is 4.39 Å². The summed E-state index contributed by atoms with van der Waals surface area (Å²) in [5.41, 5.74) is 8.04. The van der Waals surface area contributed by atoms with Gasteiger partial charge >= 0.3 is 0 Å². The molecular weight excluding hydrogens is 233 g/mol. The molecule has 4 nitrogen and oxygen atoms in total. The van der Waals surface area contributed by atoms with Crippen molar-refractivity contribution in [1.29, 1.82) is 0 Å². The van der Waals surface area contributed by atoms with Crippen LogP contribution in [0, 0.1) is 12.7 Å². The van der Waals surface area contributed by atoms with Gasteiger partial charge in [0.1, 0.15) is 5.82 Å². The molecule has 2 rings (SSSR count). The third kappa shape index (κ3) is 2.51. The Bertz CT molecular complexity index is 572. The average molecular weight is 247 g/mol. The summed E-state index contributed by atoms with van der Waals surface area (Å²) in [7, 11) is 1.42. The Hall–Kier alpha value is -2.30. The molecule has 1 heterocycles. The second kappa shape index (κ2) is 4.91. The van der Waals surface area contributed by atoms with Crippen LogP contribution >= 0.6 is 0 Å². The standard InChI is InChI=1S/C13H14FN3O/c1-8-7-16-13(6-11(8)15)17-9-3-4-10(14)12(5-9)18-2/h3-7H,1-2H3,(H3,15,16,17). The van der Waals surface area contributed by atoms with Crippen molar-refractivity contribution in [3.05, 3.63) is 41.8 Å². The Labute approximate surface area is 105 Å². The number of nitrogens with one attached hydrogen (secondary N) is 1. The molecule has 2 aromatic rings. The third-order valence-electron chi connectivity index (χ3n) is 2.57. The lowest BCUT2D eigenvalue weighted by Gasteiger charge is -2.09. The Kier molecular flexibility index (Phi) is 3.32. The van der Waals surface area contributed by atoms with Gasteiger partial charge in [-0.25, -0.2) is 9.37 Å². The van der Waals surface area contributed by atoms with Gasteiger partial charge in [0.05, 0.1) is 7.11 Å². The Morgan fingerprint density at radius 2 is 2.11 bits per heavy atom. The number of aryl methyl sites for hydroxylation is 1. The number of pyridine rings is 1. The van der Waals surface area contributed by atoms with Gasteiger partial charge in [-0.1, -0.05) is 0 Å². The third-order valence-corrected chi connectivity index (χ3v) is 2.57. The Morgan fingerprint density at radius 1 is 1.33 bits per heavy atom. The van der Waals surface area contributed by atoms with Gasteiger partial charge in [-0.2, -0.15) is 0 Å². The van der Waals surface area contributed by atoms with Crippen molar-refractivity contribution in [3.63, 3.8) is 0 Å². The van der Waals surface area contributed by atoms with Crippen LogP contribution in [0.15, 0.2) is 30.5 Å². The Morgan fingerprint density at radius 3 is 2.78 bits per heavy atom. The zero-order valence-electron chi connectivity index (χ0n) is 10.2. The lowest BCUT2D eigenvalue weighted by atomic mass is 10.2. The molecule has 0 radical (unpaired) electrons. The summed E-state index contributed by atoms with van der Waals surface area (Å²) < 4.78 is 18.1. The molecule has 0 amide bonds. The molecule has 0 fully saturated rings. The largest absolute Gasteiger partial charge is 0.494 e. The van der Waals surface area contributed by atoms with Crippen molar-refractivity contribution in [3.8, 4) is 5.75 Å². The highest BCUT2D eigenvalue weighted by Gasteiger charge is 2.04. The number of aromatic nitrogens is 1. The molecule has 1 aromatic heterocycles. The van der Waals surface area contributed by atoms with Gasteiger partial charge < -0.3 is 15.8 Å². The number of hydrogen-bond acceptors (Lipinski definition) is 4. The number of hydrogen-bond donors (Lipinski definition) is 2. The number of nitrogens with two attached hydrogens (primary N) is 1. The Balaban J connectivity index is 2.25. The summed E-state index contributed by atoms with van der Waals surface area (Å²) in [6.07, 6.45) is 1.68. The monoisotopic (exact) mass is 247 g/mol. The molecule has 0 aliphatic heterocycles. The highest BCUT2D eigenvalue weighted by atomic mass is 19.1. The maximum absolute atomic E-state index is 13.2. The molecule has 0 unspecified atom stereocenters. The second-order valence-corrected chi connectivity index (χ2v) is 3.90. The van der Waals surface area contributed by atoms with E-state index in [1.54, 1.807) is 24.4 Å². The molecule has 0 aliphatic rings. The molecule has 0 aliphatic carbocycles. The van der Waals surface area contributed by atoms with E-state index >= 15 is 0 Å². The SMILES string of the molecule is COc1cc(Nc2cc(N)c(C)cn2)ccc1F. The van der Waals surface area contributed by atoms with E-state index in [0.29, 0.717) is 17.2 Å². The summed E-state index contributed by atoms with van der Waals surface area (Å²) in [6, 6.07) is 6.23. The summed E-state index contributed by atoms with van der Waals surface area (Å²) >= 11 is 0. The first-order valence-corrected chi connectivity index (χ1v) is 5.43. The molecule has 94 valence electrons. The van der Waals surface area contributed by atoms with E-state index in [0.717, 1.165) is 5.56 Å². The van der Waals surface area contributed by atoms with Crippen LogP contribution in [0.5, 0.6) is 5.75 Å². The van der Waals surface area contributed by atoms with E-state index in [1.165, 1.54) is 13.2 Å². The van der Waals surface area contributed by atoms with Gasteiger partial charge in [0, 0.05) is 29.7 Å². The molecule has 5 heteroatoms. The van der Waals surface area contributed by atoms with Gasteiger partial charge in [-0.05, 0) is 24.6 Å². The summed E-state index contributed by atoms with van der Waals surface area (Å²) in [5, 5.41) is 3.04. The smallest absolute Gasteiger partial charge is 0.165 e. The van der Waals surface area contributed by atoms with Gasteiger partial charge in [-0.15, -0.1) is 0 Å². The highest BCUT2D eigenvalue weighted by Crippen LogP contribution is 2.24. The number of methoxy groups -OCH3 is 1. The van der Waals surface area contributed by atoms with Crippen LogP contribution in [-0.2, 0) is 0 Å². The quantitative estimate of drug-likeness (QED) is 0.875. The molecule has 0 saturated heterocycles. The molecule has 18 heavy (non-hydrogen) atoms. The second-order valence-electron chi connectivity index (χ2n) is 3.90. The maximum Gasteiger partial charge on any atom is 0.165 e. The van der Waals surface area contributed by atoms with Crippen LogP contribution in [0.25, 0.3) is 0 Å². The van der Waals surface area contributed by atoms with Crippen molar-refractivity contribution in [2.24, 2.45) is 0 Å². The normalized spacial score (nSPS) is 10.2. The van der Waals surface area contributed by atoms with Gasteiger partial charge in [0.25, 0.3) is 0 Å². The minimum atomic E-state index is -0.403. The molecule has 3 N–H and O–H groups in total. The van der Waals surface area contributed by atoms with Gasteiger partial charge in [0.15, 0.2) is 11.6 Å². The number of rotatable bonds is 3. The maximum atomic E-state index is 13.2. The number of nitrogen functional groups attached to an aromatic ring is 1. The molecule has 0 bridgehead atoms. The van der Waals surface area contributed by atoms with E-state index in [1.807, 2.05) is 6.92 Å². The number of nitrogens with zero attached hydrogens (tertiary/aromatic N) is 1. The van der Waals surface area contributed by atoms with Crippen LogP contribution in [-0.4, -0.2) is 12.1 Å². The first kappa shape index (κ1) is 12.2.